The number of benzene rings is 4. The van der Waals surface area contributed by atoms with Gasteiger partial charge >= 0.3 is 5.69 Å². The van der Waals surface area contributed by atoms with E-state index in [1.807, 2.05) is 61.5 Å². The number of aryl methyl sites for hydroxylation is 1. The van der Waals surface area contributed by atoms with Crippen molar-refractivity contribution in [3.63, 3.8) is 0 Å². The number of hydrazone groups is 1. The first-order chi connectivity index (χ1) is 20.8. The van der Waals surface area contributed by atoms with Crippen LogP contribution in [-0.2, 0) is 0 Å². The number of hydrogen-bond donors (Lipinski definition) is 3. The molecule has 0 unspecified atom stereocenters. The molecule has 0 saturated heterocycles. The minimum atomic E-state index is -0.741. The number of rotatable bonds is 11. The predicted molar refractivity (Wildman–Crippen MR) is 161 cm³/mol. The highest BCUT2D eigenvalue weighted by atomic mass is 16.6. The van der Waals surface area contributed by atoms with Crippen molar-refractivity contribution in [2.75, 3.05) is 16.1 Å². The van der Waals surface area contributed by atoms with Crippen molar-refractivity contribution in [1.82, 2.24) is 15.0 Å². The van der Waals surface area contributed by atoms with Gasteiger partial charge in [-0.15, -0.1) is 0 Å². The molecule has 43 heavy (non-hydrogen) atoms. The number of nitro groups is 2. The lowest BCUT2D eigenvalue weighted by Gasteiger charge is -2.10. The molecule has 0 bridgehead atoms. The molecule has 14 heteroatoms. The maximum Gasteiger partial charge on any atom is 0.318 e. The van der Waals surface area contributed by atoms with E-state index in [0.29, 0.717) is 5.56 Å². The topological polar surface area (TPSA) is 183 Å². The van der Waals surface area contributed by atoms with Gasteiger partial charge in [0.2, 0.25) is 23.6 Å². The fourth-order valence-electron chi connectivity index (χ4n) is 3.75. The van der Waals surface area contributed by atoms with Crippen LogP contribution in [0.1, 0.15) is 11.1 Å². The van der Waals surface area contributed by atoms with Crippen molar-refractivity contribution in [2.24, 2.45) is 5.10 Å². The maximum atomic E-state index is 11.4. The molecule has 4 aromatic carbocycles. The average molecular weight is 578 g/mol. The van der Waals surface area contributed by atoms with Gasteiger partial charge in [0.05, 0.1) is 22.1 Å². The molecule has 14 nitrogen and oxygen atoms in total. The quantitative estimate of drug-likeness (QED) is 0.0860. The third-order valence-electron chi connectivity index (χ3n) is 5.79. The number of nitrogens with one attached hydrogen (secondary N) is 3. The van der Waals surface area contributed by atoms with Gasteiger partial charge in [-0.25, -0.2) is 5.43 Å². The van der Waals surface area contributed by atoms with E-state index in [-0.39, 0.29) is 29.3 Å². The number of nitrogens with zero attached hydrogens (tertiary/aromatic N) is 6. The van der Waals surface area contributed by atoms with Gasteiger partial charge in [0.25, 0.3) is 5.69 Å². The Bertz CT molecular complexity index is 1800. The van der Waals surface area contributed by atoms with E-state index in [1.165, 1.54) is 12.3 Å². The normalized spacial score (nSPS) is 10.7. The second kappa shape index (κ2) is 12.8. The molecule has 0 atom stereocenters. The summed E-state index contributed by atoms with van der Waals surface area (Å²) in [7, 11) is 0. The Labute approximate surface area is 244 Å². The van der Waals surface area contributed by atoms with E-state index in [4.69, 9.17) is 4.74 Å². The third kappa shape index (κ3) is 7.61. The van der Waals surface area contributed by atoms with Gasteiger partial charge in [-0.1, -0.05) is 48.0 Å². The van der Waals surface area contributed by atoms with Crippen LogP contribution in [0.25, 0.3) is 0 Å². The lowest BCUT2D eigenvalue weighted by molar-refractivity contribution is -0.394. The standard InChI is InChI=1S/C29H23N9O5/c1-19-10-12-22(13-11-19)32-28-33-27(31-21-7-3-2-4-8-21)34-29(35-28)36-30-18-20-6-5-9-24(16-20)43-26-15-14-23(37(39)40)17-25(26)38(41)42/h2-18H,1H3,(H3,31,32,33,34,35,36)/b30-18+. The van der Waals surface area contributed by atoms with Gasteiger partial charge in [-0.3, -0.25) is 20.2 Å². The Kier molecular flexibility index (Phi) is 8.38. The van der Waals surface area contributed by atoms with E-state index in [0.717, 1.165) is 29.1 Å². The van der Waals surface area contributed by atoms with E-state index in [9.17, 15) is 20.2 Å². The van der Waals surface area contributed by atoms with Crippen molar-refractivity contribution in [1.29, 1.82) is 0 Å². The molecule has 0 amide bonds. The van der Waals surface area contributed by atoms with Crippen LogP contribution in [0.4, 0.5) is 40.6 Å². The first-order valence-corrected chi connectivity index (χ1v) is 12.7. The Hall–Kier alpha value is -6.44. The van der Waals surface area contributed by atoms with Crippen molar-refractivity contribution >= 4 is 46.8 Å². The molecule has 0 aliphatic carbocycles. The van der Waals surface area contributed by atoms with Gasteiger partial charge in [-0.05, 0) is 55.0 Å². The van der Waals surface area contributed by atoms with Crippen LogP contribution in [0, 0.1) is 27.2 Å². The van der Waals surface area contributed by atoms with E-state index in [1.54, 1.807) is 24.3 Å². The minimum Gasteiger partial charge on any atom is -0.450 e. The number of para-hydroxylation sites is 1. The molecule has 1 aromatic heterocycles. The van der Waals surface area contributed by atoms with Crippen LogP contribution < -0.4 is 20.8 Å². The van der Waals surface area contributed by atoms with Gasteiger partial charge in [0, 0.05) is 17.4 Å². The molecular formula is C29H23N9O5. The summed E-state index contributed by atoms with van der Waals surface area (Å²) in [5.74, 6) is 0.858. The summed E-state index contributed by atoms with van der Waals surface area (Å²) < 4.78 is 5.67. The summed E-state index contributed by atoms with van der Waals surface area (Å²) in [5, 5.41) is 33.0. The van der Waals surface area contributed by atoms with Gasteiger partial charge in [-0.2, -0.15) is 20.1 Å². The SMILES string of the molecule is Cc1ccc(Nc2nc(N/N=C/c3cccc(Oc4ccc([N+](=O)[O-])cc4[N+](=O)[O-])c3)nc(Nc3ccccc3)n2)cc1. The van der Waals surface area contributed by atoms with Crippen molar-refractivity contribution in [3.05, 3.63) is 128 Å². The summed E-state index contributed by atoms with van der Waals surface area (Å²) in [6.45, 7) is 2.00. The average Bonchev–Trinajstić information content (AvgIpc) is 2.99. The molecule has 5 rings (SSSR count). The van der Waals surface area contributed by atoms with Gasteiger partial charge in [0.15, 0.2) is 0 Å². The first-order valence-electron chi connectivity index (χ1n) is 12.7. The Morgan fingerprint density at radius 1 is 0.744 bits per heavy atom. The summed E-state index contributed by atoms with van der Waals surface area (Å²) in [6.07, 6.45) is 1.48. The van der Waals surface area contributed by atoms with Crippen LogP contribution in [0.3, 0.4) is 0 Å². The molecule has 214 valence electrons. The fourth-order valence-corrected chi connectivity index (χ4v) is 3.75. The molecule has 0 radical (unpaired) electrons. The van der Waals surface area contributed by atoms with Crippen LogP contribution in [0.2, 0.25) is 0 Å². The number of hydrogen-bond acceptors (Lipinski definition) is 12. The monoisotopic (exact) mass is 577 g/mol. The molecular weight excluding hydrogens is 554 g/mol. The molecule has 0 saturated carbocycles. The molecule has 3 N–H and O–H groups in total. The molecule has 0 aliphatic heterocycles. The van der Waals surface area contributed by atoms with Crippen molar-refractivity contribution in [3.8, 4) is 11.5 Å². The molecule has 5 aromatic rings. The zero-order valence-electron chi connectivity index (χ0n) is 22.5. The summed E-state index contributed by atoms with van der Waals surface area (Å²) >= 11 is 0. The lowest BCUT2D eigenvalue weighted by Crippen LogP contribution is -2.07. The van der Waals surface area contributed by atoms with Crippen LogP contribution in [0.15, 0.2) is 102 Å². The summed E-state index contributed by atoms with van der Waals surface area (Å²) in [4.78, 5) is 34.3. The lowest BCUT2D eigenvalue weighted by atomic mass is 10.2. The zero-order chi connectivity index (χ0) is 30.2. The smallest absolute Gasteiger partial charge is 0.318 e. The zero-order valence-corrected chi connectivity index (χ0v) is 22.5. The highest BCUT2D eigenvalue weighted by molar-refractivity contribution is 5.80. The second-order valence-electron chi connectivity index (χ2n) is 9.00. The summed E-state index contributed by atoms with van der Waals surface area (Å²) in [5.41, 5.74) is 5.14. The minimum absolute atomic E-state index is 0.139. The highest BCUT2D eigenvalue weighted by Crippen LogP contribution is 2.34. The fraction of sp³-hybridized carbons (Fsp3) is 0.0345. The molecule has 1 heterocycles. The van der Waals surface area contributed by atoms with Gasteiger partial charge < -0.3 is 15.4 Å². The predicted octanol–water partition coefficient (Wildman–Crippen LogP) is 6.72. The number of anilines is 5. The molecule has 0 spiro atoms. The number of ether oxygens (including phenoxy) is 1. The first kappa shape index (κ1) is 28.1. The van der Waals surface area contributed by atoms with E-state index < -0.39 is 21.2 Å². The van der Waals surface area contributed by atoms with Crippen molar-refractivity contribution < 1.29 is 14.6 Å². The Morgan fingerprint density at radius 2 is 1.42 bits per heavy atom. The molecule has 0 fully saturated rings. The van der Waals surface area contributed by atoms with Crippen molar-refractivity contribution in [2.45, 2.75) is 6.92 Å². The number of nitro benzene ring substituents is 2. The number of non-ortho nitro benzene ring substituents is 1. The van der Waals surface area contributed by atoms with E-state index in [2.05, 4.69) is 36.1 Å². The maximum absolute atomic E-state index is 11.4. The van der Waals surface area contributed by atoms with Crippen LogP contribution in [0.5, 0.6) is 11.5 Å². The summed E-state index contributed by atoms with van der Waals surface area (Å²) in [6, 6.07) is 26.9. The largest absolute Gasteiger partial charge is 0.450 e. The molecule has 0 aliphatic rings. The van der Waals surface area contributed by atoms with E-state index >= 15 is 0 Å². The van der Waals surface area contributed by atoms with Crippen LogP contribution >= 0.6 is 0 Å². The highest BCUT2D eigenvalue weighted by Gasteiger charge is 2.21. The number of aromatic nitrogens is 3. The second-order valence-corrected chi connectivity index (χ2v) is 9.00. The van der Waals surface area contributed by atoms with Gasteiger partial charge in [0.1, 0.15) is 5.75 Å². The Balaban J connectivity index is 1.34. The Morgan fingerprint density at radius 3 is 2.09 bits per heavy atom. The third-order valence-corrected chi connectivity index (χ3v) is 5.79. The van der Waals surface area contributed by atoms with Crippen LogP contribution in [-0.4, -0.2) is 31.0 Å².